The first-order chi connectivity index (χ1) is 23.6. The van der Waals surface area contributed by atoms with Crippen molar-refractivity contribution in [2.24, 2.45) is 0 Å². The molecule has 0 unspecified atom stereocenters. The van der Waals surface area contributed by atoms with Gasteiger partial charge in [-0.25, -0.2) is 10.4 Å². The van der Waals surface area contributed by atoms with Gasteiger partial charge in [0.25, 0.3) is 18.1 Å². The third kappa shape index (κ3) is 4.51. The largest absolute Gasteiger partial charge is 0.508 e. The van der Waals surface area contributed by atoms with Crippen molar-refractivity contribution in [1.82, 2.24) is 20.1 Å². The fraction of sp³-hybridized carbons (Fsp3) is 0.206. The van der Waals surface area contributed by atoms with E-state index in [0.29, 0.717) is 38.3 Å². The number of nitrogens with zero attached hydrogens (tertiary/aromatic N) is 3. The number of imide groups is 1. The first-order valence-corrected chi connectivity index (χ1v) is 15.2. The molecular formula is C34H27N5O10. The van der Waals surface area contributed by atoms with Gasteiger partial charge in [-0.1, -0.05) is 12.1 Å². The third-order valence-corrected chi connectivity index (χ3v) is 9.09. The standard InChI is InChI=1S/C34H27N5O10/c35-11-14-1-3-15(4-2-14)12-36-38-32(46)25-23-18-7-5-16(41)9-20(18)37-27(23)28-24(26(25)33(38)47)19-8-6-17(42)10-21(19)39(28)49-34-31(45)30(44)29(43)22(13-40)48-34/h1-10,22,29-31,34,36-37,40-45H,12-13H2/t22-,29-,30+,31-,34+/m1/s1. The van der Waals surface area contributed by atoms with Crippen LogP contribution in [0.25, 0.3) is 43.6 Å². The number of aromatic amines is 1. The molecule has 15 heteroatoms. The van der Waals surface area contributed by atoms with E-state index >= 15 is 0 Å². The van der Waals surface area contributed by atoms with E-state index in [9.17, 15) is 40.2 Å². The lowest BCUT2D eigenvalue weighted by atomic mass is 9.96. The lowest BCUT2D eigenvalue weighted by Gasteiger charge is -2.39. The van der Waals surface area contributed by atoms with E-state index in [1.54, 1.807) is 30.3 Å². The number of ether oxygens (including phenoxy) is 1. The predicted octanol–water partition coefficient (Wildman–Crippen LogP) is 1.24. The van der Waals surface area contributed by atoms with Crippen molar-refractivity contribution in [3.05, 3.63) is 82.9 Å². The molecule has 2 aromatic heterocycles. The molecule has 4 heterocycles. The molecule has 2 amide bonds. The van der Waals surface area contributed by atoms with Gasteiger partial charge in [0.15, 0.2) is 0 Å². The van der Waals surface area contributed by atoms with Gasteiger partial charge in [-0.15, -0.1) is 0 Å². The van der Waals surface area contributed by atoms with E-state index in [2.05, 4.69) is 10.4 Å². The second kappa shape index (κ2) is 11.2. The maximum absolute atomic E-state index is 14.3. The van der Waals surface area contributed by atoms with Crippen molar-refractivity contribution in [2.45, 2.75) is 37.3 Å². The minimum atomic E-state index is -1.79. The highest BCUT2D eigenvalue weighted by Gasteiger charge is 2.46. The summed E-state index contributed by atoms with van der Waals surface area (Å²) in [7, 11) is 0. The van der Waals surface area contributed by atoms with Crippen molar-refractivity contribution in [3.8, 4) is 17.6 Å². The summed E-state index contributed by atoms with van der Waals surface area (Å²) in [6, 6.07) is 17.4. The van der Waals surface area contributed by atoms with Crippen LogP contribution in [0.1, 0.15) is 31.8 Å². The smallest absolute Gasteiger partial charge is 0.276 e. The number of phenols is 2. The van der Waals surface area contributed by atoms with E-state index in [1.807, 2.05) is 6.07 Å². The van der Waals surface area contributed by atoms with Gasteiger partial charge in [-0.05, 0) is 42.0 Å². The van der Waals surface area contributed by atoms with Crippen LogP contribution in [0.15, 0.2) is 60.7 Å². The molecule has 8 rings (SSSR count). The van der Waals surface area contributed by atoms with Crippen LogP contribution in [-0.2, 0) is 11.3 Å². The summed E-state index contributed by atoms with van der Waals surface area (Å²) in [4.78, 5) is 37.9. The quantitative estimate of drug-likeness (QED) is 0.117. The Bertz CT molecular complexity index is 2390. The topological polar surface area (TPSA) is 234 Å². The van der Waals surface area contributed by atoms with Crippen LogP contribution in [0.5, 0.6) is 11.5 Å². The number of benzene rings is 4. The second-order valence-corrected chi connectivity index (χ2v) is 12.0. The molecule has 1 saturated heterocycles. The molecule has 0 saturated carbocycles. The van der Waals surface area contributed by atoms with Crippen molar-refractivity contribution in [1.29, 1.82) is 5.26 Å². The SMILES string of the molecule is N#Cc1ccc(CNN2C(=O)c3c(c4c5ccc(O)cc5n(O[C@@H]5O[C@H](CO)[C@@H](O)[C@H](O)[C@H]5O)c4c4[nH]c5cc(O)ccc5c34)C2=O)cc1. The van der Waals surface area contributed by atoms with Gasteiger partial charge in [-0.2, -0.15) is 9.99 Å². The molecule has 0 bridgehead atoms. The summed E-state index contributed by atoms with van der Waals surface area (Å²) in [5, 5.41) is 73.8. The Morgan fingerprint density at radius 3 is 2.24 bits per heavy atom. The van der Waals surface area contributed by atoms with E-state index in [0.717, 1.165) is 5.01 Å². The number of H-pyrrole nitrogens is 1. The highest BCUT2D eigenvalue weighted by molar-refractivity contribution is 6.39. The van der Waals surface area contributed by atoms with Gasteiger partial charge >= 0.3 is 0 Å². The van der Waals surface area contributed by atoms with Crippen LogP contribution in [0, 0.1) is 11.3 Å². The number of rotatable bonds is 6. The molecule has 8 N–H and O–H groups in total. The highest BCUT2D eigenvalue weighted by Crippen LogP contribution is 2.45. The summed E-state index contributed by atoms with van der Waals surface area (Å²) >= 11 is 0. The van der Waals surface area contributed by atoms with Gasteiger partial charge in [0.2, 0.25) is 0 Å². The molecule has 1 fully saturated rings. The monoisotopic (exact) mass is 665 g/mol. The normalized spacial score (nSPS) is 22.4. The number of aromatic nitrogens is 2. The van der Waals surface area contributed by atoms with Gasteiger partial charge in [0.1, 0.15) is 41.4 Å². The van der Waals surface area contributed by atoms with Crippen LogP contribution in [0.4, 0.5) is 0 Å². The molecule has 4 aromatic carbocycles. The van der Waals surface area contributed by atoms with Crippen LogP contribution < -0.4 is 10.3 Å². The molecule has 0 aliphatic carbocycles. The number of carbonyl (C=O) groups is 2. The number of aromatic hydroxyl groups is 2. The zero-order chi connectivity index (χ0) is 34.3. The van der Waals surface area contributed by atoms with Crippen LogP contribution >= 0.6 is 0 Å². The second-order valence-electron chi connectivity index (χ2n) is 12.0. The molecule has 0 spiro atoms. The Hall–Kier alpha value is -5.73. The van der Waals surface area contributed by atoms with Crippen molar-refractivity contribution in [3.63, 3.8) is 0 Å². The Kier molecular flexibility index (Phi) is 6.98. The molecule has 15 nitrogen and oxygen atoms in total. The average molecular weight is 666 g/mol. The number of nitriles is 1. The Balaban J connectivity index is 1.37. The molecule has 6 aromatic rings. The Morgan fingerprint density at radius 2 is 1.55 bits per heavy atom. The lowest BCUT2D eigenvalue weighted by molar-refractivity contribution is -0.298. The Labute approximate surface area is 274 Å². The molecular weight excluding hydrogens is 638 g/mol. The number of carbonyl (C=O) groups excluding carboxylic acids is 2. The number of amides is 2. The maximum Gasteiger partial charge on any atom is 0.276 e. The summed E-state index contributed by atoms with van der Waals surface area (Å²) in [6.07, 6.45) is -8.15. The number of aliphatic hydroxyl groups excluding tert-OH is 4. The number of hydrogen-bond acceptors (Lipinski definition) is 12. The van der Waals surface area contributed by atoms with Gasteiger partial charge in [-0.3, -0.25) is 9.59 Å². The summed E-state index contributed by atoms with van der Waals surface area (Å²) < 4.78 is 6.83. The van der Waals surface area contributed by atoms with Crippen LogP contribution in [0.2, 0.25) is 0 Å². The van der Waals surface area contributed by atoms with E-state index in [-0.39, 0.29) is 45.6 Å². The van der Waals surface area contributed by atoms with Gasteiger partial charge in [0.05, 0.1) is 45.9 Å². The zero-order valence-corrected chi connectivity index (χ0v) is 25.2. The average Bonchev–Trinajstić information content (AvgIpc) is 3.70. The minimum Gasteiger partial charge on any atom is -0.508 e. The summed E-state index contributed by atoms with van der Waals surface area (Å²) in [5.41, 5.74) is 5.24. The fourth-order valence-electron chi connectivity index (χ4n) is 6.72. The Morgan fingerprint density at radius 1 is 0.878 bits per heavy atom. The molecule has 2 aliphatic heterocycles. The maximum atomic E-state index is 14.3. The number of hydrazine groups is 1. The van der Waals surface area contributed by atoms with Crippen LogP contribution in [0.3, 0.4) is 0 Å². The fourth-order valence-corrected chi connectivity index (χ4v) is 6.72. The number of nitrogens with one attached hydrogen (secondary N) is 2. The molecule has 5 atom stereocenters. The number of phenolic OH excluding ortho intramolecular Hbond substituents is 2. The zero-order valence-electron chi connectivity index (χ0n) is 25.2. The summed E-state index contributed by atoms with van der Waals surface area (Å²) in [5.74, 6) is -1.59. The number of aliphatic hydroxyl groups is 4. The van der Waals surface area contributed by atoms with E-state index in [4.69, 9.17) is 14.8 Å². The predicted molar refractivity (Wildman–Crippen MR) is 171 cm³/mol. The molecule has 2 aliphatic rings. The van der Waals surface area contributed by atoms with Crippen molar-refractivity contribution in [2.75, 3.05) is 6.61 Å². The minimum absolute atomic E-state index is 0.0145. The third-order valence-electron chi connectivity index (χ3n) is 9.09. The lowest BCUT2D eigenvalue weighted by Crippen LogP contribution is -2.61. The van der Waals surface area contributed by atoms with Gasteiger partial charge < -0.3 is 45.2 Å². The van der Waals surface area contributed by atoms with E-state index in [1.165, 1.54) is 35.1 Å². The molecule has 49 heavy (non-hydrogen) atoms. The molecule has 248 valence electrons. The van der Waals surface area contributed by atoms with Crippen molar-refractivity contribution < 1.29 is 49.8 Å². The number of fused-ring (bicyclic) bond motifs is 10. The highest BCUT2D eigenvalue weighted by atomic mass is 16.8. The molecule has 0 radical (unpaired) electrons. The van der Waals surface area contributed by atoms with Crippen LogP contribution in [-0.4, -0.2) is 94.5 Å². The first kappa shape index (κ1) is 30.6. The van der Waals surface area contributed by atoms with Crippen molar-refractivity contribution >= 4 is 55.4 Å². The summed E-state index contributed by atoms with van der Waals surface area (Å²) in [6.45, 7) is -0.634. The van der Waals surface area contributed by atoms with Gasteiger partial charge in [0, 0.05) is 40.2 Å². The van der Waals surface area contributed by atoms with E-state index < -0.39 is 49.1 Å². The number of hydrogen-bond donors (Lipinski definition) is 8. The first-order valence-electron chi connectivity index (χ1n) is 15.2.